The summed E-state index contributed by atoms with van der Waals surface area (Å²) in [5, 5.41) is 0. The van der Waals surface area contributed by atoms with Gasteiger partial charge in [-0.05, 0) is 6.07 Å². The SMILES string of the molecule is C.CC(=O)C[n+]1ccccc1C(C)=O. The van der Waals surface area contributed by atoms with E-state index in [1.165, 1.54) is 13.8 Å². The number of pyridine rings is 1. The molecule has 0 aliphatic carbocycles. The number of hydrogen-bond acceptors (Lipinski definition) is 2. The van der Waals surface area contributed by atoms with Crippen molar-refractivity contribution in [3.05, 3.63) is 30.1 Å². The van der Waals surface area contributed by atoms with Crippen LogP contribution >= 0.6 is 0 Å². The molecule has 0 unspecified atom stereocenters. The second kappa shape index (κ2) is 5.27. The Hall–Kier alpha value is -1.51. The number of nitrogens with zero attached hydrogens (tertiary/aromatic N) is 1. The maximum atomic E-state index is 11.1. The second-order valence-electron chi connectivity index (χ2n) is 2.97. The molecule has 0 fully saturated rings. The molecule has 14 heavy (non-hydrogen) atoms. The highest BCUT2D eigenvalue weighted by molar-refractivity contribution is 5.90. The Morgan fingerprint density at radius 1 is 1.29 bits per heavy atom. The summed E-state index contributed by atoms with van der Waals surface area (Å²) in [6.45, 7) is 3.26. The first-order valence-corrected chi connectivity index (χ1v) is 4.10. The average molecular weight is 194 g/mol. The van der Waals surface area contributed by atoms with Gasteiger partial charge in [-0.3, -0.25) is 9.59 Å². The summed E-state index contributed by atoms with van der Waals surface area (Å²) in [7, 11) is 0. The standard InChI is InChI=1S/C10H12NO2.CH4/c1-8(12)7-11-6-4-3-5-10(11)9(2)13;/h3-6H,7H2,1-2H3;1H4/q+1;. The zero-order valence-corrected chi connectivity index (χ0v) is 7.78. The van der Waals surface area contributed by atoms with Crippen LogP contribution in [0.15, 0.2) is 24.4 Å². The average Bonchev–Trinajstić information content (AvgIpc) is 2.03. The molecule has 1 aromatic rings. The fourth-order valence-corrected chi connectivity index (χ4v) is 1.17. The first-order chi connectivity index (χ1) is 6.11. The van der Waals surface area contributed by atoms with Crippen LogP contribution in [0.5, 0.6) is 0 Å². The lowest BCUT2D eigenvalue weighted by atomic mass is 10.2. The Labute approximate surface area is 84.4 Å². The van der Waals surface area contributed by atoms with Crippen molar-refractivity contribution in [2.45, 2.75) is 27.8 Å². The summed E-state index contributed by atoms with van der Waals surface area (Å²) in [4.78, 5) is 22.0. The lowest BCUT2D eigenvalue weighted by Gasteiger charge is -1.97. The van der Waals surface area contributed by atoms with Gasteiger partial charge in [-0.1, -0.05) is 7.43 Å². The molecule has 76 valence electrons. The van der Waals surface area contributed by atoms with Crippen molar-refractivity contribution in [1.29, 1.82) is 0 Å². The molecule has 1 rings (SSSR count). The molecule has 0 atom stereocenters. The molecule has 0 aliphatic heterocycles. The van der Waals surface area contributed by atoms with Gasteiger partial charge in [-0.25, -0.2) is 0 Å². The van der Waals surface area contributed by atoms with Gasteiger partial charge in [0.15, 0.2) is 12.0 Å². The minimum atomic E-state index is -0.0261. The van der Waals surface area contributed by atoms with Crippen LogP contribution in [0.4, 0.5) is 0 Å². The Morgan fingerprint density at radius 2 is 1.93 bits per heavy atom. The van der Waals surface area contributed by atoms with Crippen LogP contribution in [0.3, 0.4) is 0 Å². The van der Waals surface area contributed by atoms with E-state index in [-0.39, 0.29) is 25.5 Å². The number of aromatic nitrogens is 1. The summed E-state index contributed by atoms with van der Waals surface area (Å²) >= 11 is 0. The quantitative estimate of drug-likeness (QED) is 0.539. The van der Waals surface area contributed by atoms with Crippen LogP contribution < -0.4 is 4.57 Å². The second-order valence-corrected chi connectivity index (χ2v) is 2.97. The van der Waals surface area contributed by atoms with Gasteiger partial charge >= 0.3 is 0 Å². The van der Waals surface area contributed by atoms with E-state index in [0.29, 0.717) is 5.69 Å². The molecule has 0 saturated heterocycles. The summed E-state index contributed by atoms with van der Waals surface area (Å²) < 4.78 is 1.66. The predicted molar refractivity (Wildman–Crippen MR) is 54.1 cm³/mol. The summed E-state index contributed by atoms with van der Waals surface area (Å²) in [6, 6.07) is 5.30. The molecule has 0 aromatic carbocycles. The highest BCUT2D eigenvalue weighted by Crippen LogP contribution is 1.92. The topological polar surface area (TPSA) is 38.0 Å². The highest BCUT2D eigenvalue weighted by atomic mass is 16.1. The molecule has 0 N–H and O–H groups in total. The van der Waals surface area contributed by atoms with Gasteiger partial charge in [-0.15, -0.1) is 0 Å². The summed E-state index contributed by atoms with van der Waals surface area (Å²) in [6.07, 6.45) is 1.73. The van der Waals surface area contributed by atoms with Crippen LogP contribution in [0.2, 0.25) is 0 Å². The van der Waals surface area contributed by atoms with Crippen molar-refractivity contribution >= 4 is 11.6 Å². The zero-order chi connectivity index (χ0) is 9.84. The molecule has 0 radical (unpaired) electrons. The fourth-order valence-electron chi connectivity index (χ4n) is 1.17. The van der Waals surface area contributed by atoms with Gasteiger partial charge in [0.05, 0.1) is 0 Å². The van der Waals surface area contributed by atoms with E-state index in [1.54, 1.807) is 29.0 Å². The number of ketones is 2. The zero-order valence-electron chi connectivity index (χ0n) is 7.78. The third-order valence-corrected chi connectivity index (χ3v) is 1.69. The smallest absolute Gasteiger partial charge is 0.248 e. The number of rotatable bonds is 3. The Balaban J connectivity index is 0.00000169. The summed E-state index contributed by atoms with van der Waals surface area (Å²) in [5.41, 5.74) is 0.567. The van der Waals surface area contributed by atoms with E-state index < -0.39 is 0 Å². The van der Waals surface area contributed by atoms with E-state index in [1.807, 2.05) is 0 Å². The van der Waals surface area contributed by atoms with Crippen LogP contribution in [-0.4, -0.2) is 11.6 Å². The third kappa shape index (κ3) is 3.09. The largest absolute Gasteiger partial charge is 0.293 e. The fraction of sp³-hybridized carbons (Fsp3) is 0.364. The third-order valence-electron chi connectivity index (χ3n) is 1.69. The Kier molecular flexibility index (Phi) is 4.70. The Morgan fingerprint density at radius 3 is 2.43 bits per heavy atom. The molecule has 0 amide bonds. The number of carbonyl (C=O) groups excluding carboxylic acids is 2. The van der Waals surface area contributed by atoms with E-state index in [9.17, 15) is 9.59 Å². The van der Waals surface area contributed by atoms with Gasteiger partial charge < -0.3 is 0 Å². The van der Waals surface area contributed by atoms with Gasteiger partial charge in [0.1, 0.15) is 0 Å². The molecule has 0 spiro atoms. The van der Waals surface area contributed by atoms with Gasteiger partial charge in [0, 0.05) is 26.0 Å². The van der Waals surface area contributed by atoms with Crippen LogP contribution in [0, 0.1) is 0 Å². The highest BCUT2D eigenvalue weighted by Gasteiger charge is 2.14. The van der Waals surface area contributed by atoms with Crippen LogP contribution in [-0.2, 0) is 11.3 Å². The van der Waals surface area contributed by atoms with E-state index in [0.717, 1.165) is 0 Å². The maximum absolute atomic E-state index is 11.1. The van der Waals surface area contributed by atoms with E-state index in [2.05, 4.69) is 0 Å². The van der Waals surface area contributed by atoms with Gasteiger partial charge in [-0.2, -0.15) is 4.57 Å². The van der Waals surface area contributed by atoms with Crippen molar-refractivity contribution in [3.8, 4) is 0 Å². The first-order valence-electron chi connectivity index (χ1n) is 4.10. The molecular weight excluding hydrogens is 178 g/mol. The van der Waals surface area contributed by atoms with E-state index in [4.69, 9.17) is 0 Å². The predicted octanol–water partition coefficient (Wildman–Crippen LogP) is 1.40. The van der Waals surface area contributed by atoms with Crippen LogP contribution in [0.1, 0.15) is 31.8 Å². The first kappa shape index (κ1) is 12.5. The van der Waals surface area contributed by atoms with Crippen LogP contribution in [0.25, 0.3) is 0 Å². The molecule has 0 saturated carbocycles. The molecule has 0 aliphatic rings. The van der Waals surface area contributed by atoms with Crippen molar-refractivity contribution in [1.82, 2.24) is 0 Å². The summed E-state index contributed by atoms with van der Waals surface area (Å²) in [5.74, 6) is 0.0144. The number of hydrogen-bond donors (Lipinski definition) is 0. The Bertz CT molecular complexity index is 345. The molecular formula is C11H16NO2+. The number of carbonyl (C=O) groups is 2. The number of Topliss-reactive ketones (excluding diaryl/α,β-unsaturated/α-hetero) is 2. The minimum absolute atomic E-state index is 0. The molecule has 1 heterocycles. The van der Waals surface area contributed by atoms with Crippen molar-refractivity contribution in [3.63, 3.8) is 0 Å². The lowest BCUT2D eigenvalue weighted by Crippen LogP contribution is -2.42. The lowest BCUT2D eigenvalue weighted by molar-refractivity contribution is -0.686. The van der Waals surface area contributed by atoms with Crippen molar-refractivity contribution < 1.29 is 14.2 Å². The molecule has 3 nitrogen and oxygen atoms in total. The van der Waals surface area contributed by atoms with Crippen molar-refractivity contribution in [2.75, 3.05) is 0 Å². The molecule has 0 bridgehead atoms. The van der Waals surface area contributed by atoms with Gasteiger partial charge in [0.2, 0.25) is 18.0 Å². The molecule has 1 aromatic heterocycles. The van der Waals surface area contributed by atoms with E-state index >= 15 is 0 Å². The maximum Gasteiger partial charge on any atom is 0.248 e. The normalized spacial score (nSPS) is 9.00. The van der Waals surface area contributed by atoms with Crippen molar-refractivity contribution in [2.24, 2.45) is 0 Å². The van der Waals surface area contributed by atoms with Gasteiger partial charge in [0.25, 0.3) is 0 Å². The minimum Gasteiger partial charge on any atom is -0.293 e. The monoisotopic (exact) mass is 194 g/mol. The molecule has 3 heteroatoms.